The van der Waals surface area contributed by atoms with Crippen molar-refractivity contribution in [3.8, 4) is 23.5 Å². The van der Waals surface area contributed by atoms with E-state index in [0.29, 0.717) is 29.1 Å². The van der Waals surface area contributed by atoms with Gasteiger partial charge in [-0.2, -0.15) is 0 Å². The van der Waals surface area contributed by atoms with E-state index in [2.05, 4.69) is 22.1 Å². The molecule has 0 spiro atoms. The Morgan fingerprint density at radius 1 is 1.41 bits per heavy atom. The fraction of sp³-hybridized carbons (Fsp3) is 0.464. The van der Waals surface area contributed by atoms with Crippen LogP contribution in [0.2, 0.25) is 0 Å². The van der Waals surface area contributed by atoms with Crippen molar-refractivity contribution in [2.24, 2.45) is 5.92 Å². The van der Waals surface area contributed by atoms with Crippen LogP contribution < -0.4 is 14.8 Å². The molecule has 198 valence electrons. The van der Waals surface area contributed by atoms with Crippen molar-refractivity contribution in [3.05, 3.63) is 47.7 Å². The van der Waals surface area contributed by atoms with Gasteiger partial charge in [0.1, 0.15) is 17.4 Å². The van der Waals surface area contributed by atoms with Crippen LogP contribution in [0.1, 0.15) is 49.5 Å². The Kier molecular flexibility index (Phi) is 9.75. The Labute approximate surface area is 218 Å². The number of likely N-dealkylation sites (N-methyl/N-ethyl adjacent to an activating group) is 1. The molecule has 0 saturated carbocycles. The Balaban J connectivity index is 1.87. The highest BCUT2D eigenvalue weighted by molar-refractivity contribution is 5.97. The van der Waals surface area contributed by atoms with Crippen LogP contribution in [0.3, 0.4) is 0 Å². The van der Waals surface area contributed by atoms with Crippen molar-refractivity contribution in [2.75, 3.05) is 39.2 Å². The zero-order valence-electron chi connectivity index (χ0n) is 22.2. The molecule has 1 aromatic heterocycles. The summed E-state index contributed by atoms with van der Waals surface area (Å²) in [6.45, 7) is 6.22. The Morgan fingerprint density at radius 3 is 2.86 bits per heavy atom. The maximum atomic E-state index is 13.5. The first-order chi connectivity index (χ1) is 17.8. The number of hydrogen-bond donors (Lipinski definition) is 2. The van der Waals surface area contributed by atoms with Gasteiger partial charge in [0.25, 0.3) is 5.91 Å². The molecule has 2 heterocycles. The molecule has 0 aliphatic carbocycles. The number of nitrogens with one attached hydrogen (secondary N) is 1. The average molecular weight is 509 g/mol. The molecule has 2 N–H and O–H groups in total. The molecule has 1 aliphatic rings. The number of amides is 3. The molecule has 0 fully saturated rings. The van der Waals surface area contributed by atoms with Gasteiger partial charge >= 0.3 is 6.03 Å². The highest BCUT2D eigenvalue weighted by atomic mass is 16.5. The second-order valence-electron chi connectivity index (χ2n) is 9.26. The minimum atomic E-state index is -0.460. The van der Waals surface area contributed by atoms with Crippen LogP contribution in [-0.4, -0.2) is 77.8 Å². The first-order valence-corrected chi connectivity index (χ1v) is 12.5. The van der Waals surface area contributed by atoms with E-state index in [9.17, 15) is 14.7 Å². The summed E-state index contributed by atoms with van der Waals surface area (Å²) in [5.74, 6) is 6.45. The number of nitrogens with zero attached hydrogens (tertiary/aromatic N) is 3. The van der Waals surface area contributed by atoms with Gasteiger partial charge in [-0.3, -0.25) is 4.79 Å². The summed E-state index contributed by atoms with van der Waals surface area (Å²) in [6, 6.07) is 8.14. The zero-order chi connectivity index (χ0) is 26.9. The Morgan fingerprint density at radius 2 is 2.16 bits per heavy atom. The number of fused-ring (bicyclic) bond motifs is 1. The molecule has 3 rings (SSSR count). The monoisotopic (exact) mass is 508 g/mol. The smallest absolute Gasteiger partial charge is 0.321 e. The van der Waals surface area contributed by atoms with E-state index in [4.69, 9.17) is 9.47 Å². The van der Waals surface area contributed by atoms with Crippen molar-refractivity contribution in [1.82, 2.24) is 14.8 Å². The number of hydrogen-bond acceptors (Lipinski definition) is 6. The molecule has 0 saturated heterocycles. The lowest BCUT2D eigenvalue weighted by Crippen LogP contribution is -2.50. The van der Waals surface area contributed by atoms with Gasteiger partial charge in [0.05, 0.1) is 32.0 Å². The van der Waals surface area contributed by atoms with Gasteiger partial charge in [-0.15, -0.1) is 0 Å². The number of benzene rings is 1. The number of anilines is 1. The quantitative estimate of drug-likeness (QED) is 0.554. The number of urea groups is 1. The molecule has 0 unspecified atom stereocenters. The van der Waals surface area contributed by atoms with E-state index in [1.54, 1.807) is 50.4 Å². The van der Waals surface area contributed by atoms with E-state index in [1.807, 2.05) is 26.0 Å². The number of carbonyl (C=O) groups excluding carboxylic acids is 2. The minimum absolute atomic E-state index is 0.154. The molecule has 2 aromatic rings. The Hall–Kier alpha value is -3.77. The van der Waals surface area contributed by atoms with Crippen LogP contribution >= 0.6 is 0 Å². The third-order valence-electron chi connectivity index (χ3n) is 6.28. The van der Waals surface area contributed by atoms with Crippen LogP contribution in [0.4, 0.5) is 10.5 Å². The molecule has 3 atom stereocenters. The molecule has 1 aromatic carbocycles. The van der Waals surface area contributed by atoms with Gasteiger partial charge in [-0.05, 0) is 31.5 Å². The van der Waals surface area contributed by atoms with Gasteiger partial charge in [-0.25, -0.2) is 9.78 Å². The lowest BCUT2D eigenvalue weighted by Gasteiger charge is -2.37. The van der Waals surface area contributed by atoms with Crippen LogP contribution in [-0.2, 0) is 0 Å². The number of aliphatic hydroxyl groups is 1. The number of aliphatic hydroxyl groups excluding tert-OH is 1. The topological polar surface area (TPSA) is 104 Å². The maximum absolute atomic E-state index is 13.5. The van der Waals surface area contributed by atoms with Crippen molar-refractivity contribution in [3.63, 3.8) is 0 Å². The van der Waals surface area contributed by atoms with Crippen LogP contribution in [0.15, 0.2) is 36.5 Å². The maximum Gasteiger partial charge on any atom is 0.321 e. The summed E-state index contributed by atoms with van der Waals surface area (Å²) in [5.41, 5.74) is 1.48. The first-order valence-electron chi connectivity index (χ1n) is 12.5. The van der Waals surface area contributed by atoms with Crippen molar-refractivity contribution >= 4 is 17.6 Å². The van der Waals surface area contributed by atoms with E-state index in [0.717, 1.165) is 12.8 Å². The van der Waals surface area contributed by atoms with E-state index in [1.165, 1.54) is 4.90 Å². The van der Waals surface area contributed by atoms with Crippen LogP contribution in [0.25, 0.3) is 0 Å². The third kappa shape index (κ3) is 6.92. The summed E-state index contributed by atoms with van der Waals surface area (Å²) in [7, 11) is 3.23. The second kappa shape index (κ2) is 13.0. The number of ether oxygens (including phenoxy) is 2. The fourth-order valence-electron chi connectivity index (χ4n) is 3.99. The summed E-state index contributed by atoms with van der Waals surface area (Å²) in [6.07, 6.45) is 2.82. The number of methoxy groups -OCH3 is 1. The molecule has 1 aliphatic heterocycles. The number of pyridine rings is 1. The SMILES string of the molecule is CCCC#Cc1cnc2c(c1)C(=O)N([C@H](C)CO)C[C@H](C)[C@@H](CN(C)C(=O)Nc1ccccc1OC)O2. The molecule has 0 radical (unpaired) electrons. The molecule has 9 heteroatoms. The summed E-state index contributed by atoms with van der Waals surface area (Å²) >= 11 is 0. The normalized spacial score (nSPS) is 17.8. The van der Waals surface area contributed by atoms with Crippen molar-refractivity contribution in [1.29, 1.82) is 0 Å². The van der Waals surface area contributed by atoms with Gasteiger partial charge in [0.2, 0.25) is 5.88 Å². The van der Waals surface area contributed by atoms with Crippen molar-refractivity contribution < 1.29 is 24.2 Å². The van der Waals surface area contributed by atoms with Crippen LogP contribution in [0.5, 0.6) is 11.6 Å². The predicted octanol–water partition coefficient (Wildman–Crippen LogP) is 3.63. The largest absolute Gasteiger partial charge is 0.495 e. The molecular formula is C28H36N4O5. The number of aromatic nitrogens is 1. The molecule has 0 bridgehead atoms. The van der Waals surface area contributed by atoms with Crippen LogP contribution in [0, 0.1) is 17.8 Å². The lowest BCUT2D eigenvalue weighted by atomic mass is 10.00. The van der Waals surface area contributed by atoms with E-state index < -0.39 is 12.1 Å². The average Bonchev–Trinajstić information content (AvgIpc) is 2.90. The number of unbranched alkanes of at least 4 members (excludes halogenated alkanes) is 1. The number of carbonyl (C=O) groups is 2. The summed E-state index contributed by atoms with van der Waals surface area (Å²) in [4.78, 5) is 34.0. The summed E-state index contributed by atoms with van der Waals surface area (Å²) in [5, 5.41) is 12.7. The lowest BCUT2D eigenvalue weighted by molar-refractivity contribution is 0.0356. The van der Waals surface area contributed by atoms with E-state index in [-0.39, 0.29) is 36.9 Å². The Bertz CT molecular complexity index is 1160. The van der Waals surface area contributed by atoms with Gasteiger partial charge in [0, 0.05) is 37.7 Å². The molecule has 37 heavy (non-hydrogen) atoms. The highest BCUT2D eigenvalue weighted by Crippen LogP contribution is 2.28. The minimum Gasteiger partial charge on any atom is -0.495 e. The number of rotatable bonds is 7. The summed E-state index contributed by atoms with van der Waals surface area (Å²) < 4.78 is 11.6. The predicted molar refractivity (Wildman–Crippen MR) is 142 cm³/mol. The van der Waals surface area contributed by atoms with Gasteiger partial charge in [-0.1, -0.05) is 37.8 Å². The zero-order valence-corrected chi connectivity index (χ0v) is 22.2. The molecule has 9 nitrogen and oxygen atoms in total. The number of para-hydroxylation sites is 2. The van der Waals surface area contributed by atoms with E-state index >= 15 is 0 Å². The van der Waals surface area contributed by atoms with Gasteiger partial charge < -0.3 is 29.7 Å². The first kappa shape index (κ1) is 27.8. The van der Waals surface area contributed by atoms with Crippen molar-refractivity contribution in [2.45, 2.75) is 45.8 Å². The fourth-order valence-corrected chi connectivity index (χ4v) is 3.99. The second-order valence-corrected chi connectivity index (χ2v) is 9.26. The van der Waals surface area contributed by atoms with Gasteiger partial charge in [0.15, 0.2) is 0 Å². The molecule has 3 amide bonds. The standard InChI is InChI=1S/C28H36N4O5/c1-6-7-8-11-21-14-22-26(29-15-21)37-25(19(2)16-32(27(22)34)20(3)18-33)17-31(4)28(35)30-23-12-9-10-13-24(23)36-5/h9-10,12-15,19-20,25,33H,6-7,16-18H2,1-5H3,(H,30,35)/t19-,20+,25+/m0/s1. The molecular weight excluding hydrogens is 472 g/mol. The highest BCUT2D eigenvalue weighted by Gasteiger charge is 2.34. The third-order valence-corrected chi connectivity index (χ3v) is 6.28.